The Kier molecular flexibility index (Phi) is 2.72. The fourth-order valence-corrected chi connectivity index (χ4v) is 1.54. The smallest absolute Gasteiger partial charge is 0.222 e. The van der Waals surface area contributed by atoms with Gasteiger partial charge in [0.2, 0.25) is 5.95 Å². The normalized spacial score (nSPS) is 21.7. The highest BCUT2D eigenvalue weighted by Crippen LogP contribution is 2.05. The molecule has 1 aliphatic rings. The molecule has 70 valence electrons. The SMILES string of the molecule is c1cnc(NCC2CCCN2)nc1. The molecule has 0 aromatic carbocycles. The minimum Gasteiger partial charge on any atom is -0.353 e. The number of anilines is 1. The standard InChI is InChI=1S/C9H14N4/c1-3-8(10-4-1)7-13-9-11-5-2-6-12-9/h2,5-6,8,10H,1,3-4,7H2,(H,11,12,13). The van der Waals surface area contributed by atoms with E-state index < -0.39 is 0 Å². The van der Waals surface area contributed by atoms with Gasteiger partial charge in [-0.25, -0.2) is 9.97 Å². The predicted molar refractivity (Wildman–Crippen MR) is 51.5 cm³/mol. The molecular weight excluding hydrogens is 164 g/mol. The maximum atomic E-state index is 4.09. The van der Waals surface area contributed by atoms with Crippen LogP contribution in [0.4, 0.5) is 5.95 Å². The molecule has 1 aliphatic heterocycles. The second kappa shape index (κ2) is 4.18. The quantitative estimate of drug-likeness (QED) is 0.713. The van der Waals surface area contributed by atoms with Gasteiger partial charge < -0.3 is 10.6 Å². The maximum Gasteiger partial charge on any atom is 0.222 e. The van der Waals surface area contributed by atoms with E-state index in [1.165, 1.54) is 12.8 Å². The van der Waals surface area contributed by atoms with Gasteiger partial charge in [0.05, 0.1) is 0 Å². The molecule has 1 aromatic rings. The number of nitrogens with zero attached hydrogens (tertiary/aromatic N) is 2. The summed E-state index contributed by atoms with van der Waals surface area (Å²) in [4.78, 5) is 8.18. The Morgan fingerprint density at radius 2 is 2.31 bits per heavy atom. The molecule has 13 heavy (non-hydrogen) atoms. The lowest BCUT2D eigenvalue weighted by atomic mass is 10.2. The van der Waals surface area contributed by atoms with Crippen LogP contribution in [0.2, 0.25) is 0 Å². The monoisotopic (exact) mass is 178 g/mol. The Morgan fingerprint density at radius 3 is 3.00 bits per heavy atom. The second-order valence-electron chi connectivity index (χ2n) is 3.25. The average Bonchev–Trinajstić information content (AvgIpc) is 2.69. The van der Waals surface area contributed by atoms with Gasteiger partial charge in [0.25, 0.3) is 0 Å². The summed E-state index contributed by atoms with van der Waals surface area (Å²) >= 11 is 0. The molecule has 4 heteroatoms. The van der Waals surface area contributed by atoms with E-state index >= 15 is 0 Å². The van der Waals surface area contributed by atoms with Crippen molar-refractivity contribution in [2.24, 2.45) is 0 Å². The van der Waals surface area contributed by atoms with Crippen molar-refractivity contribution in [1.29, 1.82) is 0 Å². The first-order chi connectivity index (χ1) is 6.45. The first-order valence-corrected chi connectivity index (χ1v) is 4.69. The zero-order chi connectivity index (χ0) is 8.93. The summed E-state index contributed by atoms with van der Waals surface area (Å²) < 4.78 is 0. The number of hydrogen-bond acceptors (Lipinski definition) is 4. The highest BCUT2D eigenvalue weighted by atomic mass is 15.1. The lowest BCUT2D eigenvalue weighted by molar-refractivity contribution is 0.631. The minimum absolute atomic E-state index is 0.587. The first-order valence-electron chi connectivity index (χ1n) is 4.69. The first kappa shape index (κ1) is 8.44. The molecule has 1 atom stereocenters. The van der Waals surface area contributed by atoms with Gasteiger partial charge >= 0.3 is 0 Å². The van der Waals surface area contributed by atoms with E-state index in [-0.39, 0.29) is 0 Å². The molecule has 2 heterocycles. The average molecular weight is 178 g/mol. The Labute approximate surface area is 77.8 Å². The molecule has 1 saturated heterocycles. The summed E-state index contributed by atoms with van der Waals surface area (Å²) in [6.45, 7) is 2.06. The molecule has 4 nitrogen and oxygen atoms in total. The third-order valence-electron chi connectivity index (χ3n) is 2.23. The zero-order valence-corrected chi connectivity index (χ0v) is 7.53. The van der Waals surface area contributed by atoms with Crippen LogP contribution >= 0.6 is 0 Å². The van der Waals surface area contributed by atoms with Gasteiger partial charge in [-0.05, 0) is 25.5 Å². The molecule has 2 rings (SSSR count). The number of nitrogens with one attached hydrogen (secondary N) is 2. The summed E-state index contributed by atoms with van der Waals surface area (Å²) in [6, 6.07) is 2.41. The lowest BCUT2D eigenvalue weighted by Gasteiger charge is -2.10. The molecule has 0 aliphatic carbocycles. The lowest BCUT2D eigenvalue weighted by Crippen LogP contribution is -2.29. The largest absolute Gasteiger partial charge is 0.353 e. The number of hydrogen-bond donors (Lipinski definition) is 2. The summed E-state index contributed by atoms with van der Waals surface area (Å²) in [5.41, 5.74) is 0. The molecular formula is C9H14N4. The van der Waals surface area contributed by atoms with Gasteiger partial charge in [-0.15, -0.1) is 0 Å². The second-order valence-corrected chi connectivity index (χ2v) is 3.25. The van der Waals surface area contributed by atoms with Crippen molar-refractivity contribution < 1.29 is 0 Å². The summed E-state index contributed by atoms with van der Waals surface area (Å²) in [7, 11) is 0. The van der Waals surface area contributed by atoms with Crippen molar-refractivity contribution in [2.75, 3.05) is 18.4 Å². The van der Waals surface area contributed by atoms with Crippen LogP contribution in [0.1, 0.15) is 12.8 Å². The van der Waals surface area contributed by atoms with Gasteiger partial charge in [-0.3, -0.25) is 0 Å². The summed E-state index contributed by atoms with van der Waals surface area (Å²) in [5, 5.41) is 6.61. The third kappa shape index (κ3) is 2.39. The molecule has 0 bridgehead atoms. The molecule has 0 radical (unpaired) electrons. The van der Waals surface area contributed by atoms with Crippen molar-refractivity contribution in [3.63, 3.8) is 0 Å². The van der Waals surface area contributed by atoms with E-state index in [1.807, 2.05) is 6.07 Å². The molecule has 1 unspecified atom stereocenters. The van der Waals surface area contributed by atoms with Crippen molar-refractivity contribution in [3.8, 4) is 0 Å². The van der Waals surface area contributed by atoms with Crippen LogP contribution in [0.5, 0.6) is 0 Å². The maximum absolute atomic E-state index is 4.09. The topological polar surface area (TPSA) is 49.8 Å². The van der Waals surface area contributed by atoms with Crippen LogP contribution in [-0.2, 0) is 0 Å². The Morgan fingerprint density at radius 1 is 1.46 bits per heavy atom. The molecule has 2 N–H and O–H groups in total. The van der Waals surface area contributed by atoms with E-state index in [1.54, 1.807) is 12.4 Å². The molecule has 1 fully saturated rings. The van der Waals surface area contributed by atoms with E-state index in [2.05, 4.69) is 20.6 Å². The van der Waals surface area contributed by atoms with Crippen molar-refractivity contribution >= 4 is 5.95 Å². The third-order valence-corrected chi connectivity index (χ3v) is 2.23. The fourth-order valence-electron chi connectivity index (χ4n) is 1.54. The van der Waals surface area contributed by atoms with Crippen molar-refractivity contribution in [2.45, 2.75) is 18.9 Å². The molecule has 0 spiro atoms. The van der Waals surface area contributed by atoms with Crippen molar-refractivity contribution in [3.05, 3.63) is 18.5 Å². The van der Waals surface area contributed by atoms with Crippen LogP contribution < -0.4 is 10.6 Å². The number of aromatic nitrogens is 2. The van der Waals surface area contributed by atoms with Crippen LogP contribution in [0, 0.1) is 0 Å². The van der Waals surface area contributed by atoms with Gasteiger partial charge in [0.15, 0.2) is 0 Å². The van der Waals surface area contributed by atoms with Crippen molar-refractivity contribution in [1.82, 2.24) is 15.3 Å². The van der Waals surface area contributed by atoms with Crippen LogP contribution in [0.3, 0.4) is 0 Å². The van der Waals surface area contributed by atoms with E-state index in [9.17, 15) is 0 Å². The Bertz CT molecular complexity index is 243. The summed E-state index contributed by atoms with van der Waals surface area (Å²) in [6.07, 6.45) is 6.02. The van der Waals surface area contributed by atoms with Crippen LogP contribution in [0.25, 0.3) is 0 Å². The highest BCUT2D eigenvalue weighted by molar-refractivity contribution is 5.22. The van der Waals surface area contributed by atoms with E-state index in [0.717, 1.165) is 19.0 Å². The van der Waals surface area contributed by atoms with Gasteiger partial charge in [0.1, 0.15) is 0 Å². The minimum atomic E-state index is 0.587. The molecule has 0 amide bonds. The van der Waals surface area contributed by atoms with Crippen LogP contribution in [-0.4, -0.2) is 29.1 Å². The number of rotatable bonds is 3. The van der Waals surface area contributed by atoms with Gasteiger partial charge in [-0.2, -0.15) is 0 Å². The van der Waals surface area contributed by atoms with E-state index in [0.29, 0.717) is 6.04 Å². The zero-order valence-electron chi connectivity index (χ0n) is 7.53. The highest BCUT2D eigenvalue weighted by Gasteiger charge is 2.13. The van der Waals surface area contributed by atoms with Gasteiger partial charge in [0, 0.05) is 25.0 Å². The summed E-state index contributed by atoms with van der Waals surface area (Å²) in [5.74, 6) is 0.719. The predicted octanol–water partition coefficient (Wildman–Crippen LogP) is 0.640. The van der Waals surface area contributed by atoms with Crippen LogP contribution in [0.15, 0.2) is 18.5 Å². The van der Waals surface area contributed by atoms with E-state index in [4.69, 9.17) is 0 Å². The molecule has 0 saturated carbocycles. The Hall–Kier alpha value is -1.16. The Balaban J connectivity index is 1.79. The fraction of sp³-hybridized carbons (Fsp3) is 0.556. The molecule has 1 aromatic heterocycles. The van der Waals surface area contributed by atoms with Gasteiger partial charge in [-0.1, -0.05) is 0 Å².